The minimum Gasteiger partial charge on any atom is -0.301 e. The van der Waals surface area contributed by atoms with Crippen LogP contribution in [0.4, 0.5) is 4.39 Å². The monoisotopic (exact) mass is 261 g/mol. The fraction of sp³-hybridized carbons (Fsp3) is 0.533. The summed E-state index contributed by atoms with van der Waals surface area (Å²) >= 11 is 0. The number of benzene rings is 1. The lowest BCUT2D eigenvalue weighted by atomic mass is 10.1. The first-order valence-corrected chi connectivity index (χ1v) is 7.13. The summed E-state index contributed by atoms with van der Waals surface area (Å²) in [6, 6.07) is 5.22. The molecule has 1 aromatic heterocycles. The van der Waals surface area contributed by atoms with E-state index in [-0.39, 0.29) is 5.82 Å². The largest absolute Gasteiger partial charge is 0.301 e. The van der Waals surface area contributed by atoms with Gasteiger partial charge in [-0.05, 0) is 50.6 Å². The number of halogens is 1. The third-order valence-corrected chi connectivity index (χ3v) is 3.88. The van der Waals surface area contributed by atoms with Crippen molar-refractivity contribution in [2.24, 2.45) is 0 Å². The van der Waals surface area contributed by atoms with Crippen LogP contribution in [0.25, 0.3) is 10.9 Å². The Kier molecular flexibility index (Phi) is 3.51. The average Bonchev–Trinajstić information content (AvgIpc) is 2.82. The molecule has 3 nitrogen and oxygen atoms in total. The molecule has 1 atom stereocenters. The van der Waals surface area contributed by atoms with Crippen LogP contribution < -0.4 is 0 Å². The molecule has 0 bridgehead atoms. The summed E-state index contributed by atoms with van der Waals surface area (Å²) in [7, 11) is 0. The normalized spacial score (nSPS) is 21.1. The molecule has 4 heteroatoms. The summed E-state index contributed by atoms with van der Waals surface area (Å²) in [4.78, 5) is 2.50. The third kappa shape index (κ3) is 2.63. The first-order chi connectivity index (χ1) is 9.26. The highest BCUT2D eigenvalue weighted by Gasteiger charge is 2.21. The Bertz CT molecular complexity index is 562. The van der Waals surface area contributed by atoms with Crippen molar-refractivity contribution >= 4 is 10.9 Å². The van der Waals surface area contributed by atoms with Crippen LogP contribution in [0.5, 0.6) is 0 Å². The van der Waals surface area contributed by atoms with Crippen molar-refractivity contribution in [1.82, 2.24) is 14.7 Å². The van der Waals surface area contributed by atoms with Gasteiger partial charge in [-0.1, -0.05) is 6.92 Å². The standard InChI is InChI=1S/C15H20FN3/c1-2-7-18-8-3-4-14(11-18)19-10-12-9-13(16)5-6-15(12)17-19/h5-6,9-10,14H,2-4,7-8,11H2,1H3. The highest BCUT2D eigenvalue weighted by Crippen LogP contribution is 2.23. The van der Waals surface area contributed by atoms with Gasteiger partial charge < -0.3 is 4.90 Å². The fourth-order valence-corrected chi connectivity index (χ4v) is 2.97. The van der Waals surface area contributed by atoms with Gasteiger partial charge in [0.1, 0.15) is 5.82 Å². The number of hydrogen-bond acceptors (Lipinski definition) is 2. The van der Waals surface area contributed by atoms with Crippen LogP contribution in [0.15, 0.2) is 24.4 Å². The summed E-state index contributed by atoms with van der Waals surface area (Å²) in [6.07, 6.45) is 5.56. The maximum absolute atomic E-state index is 13.2. The lowest BCUT2D eigenvalue weighted by Crippen LogP contribution is -2.37. The molecule has 0 N–H and O–H groups in total. The molecule has 2 heterocycles. The van der Waals surface area contributed by atoms with E-state index in [9.17, 15) is 4.39 Å². The minimum atomic E-state index is -0.191. The average molecular weight is 261 g/mol. The van der Waals surface area contributed by atoms with Gasteiger partial charge in [-0.3, -0.25) is 4.68 Å². The van der Waals surface area contributed by atoms with Crippen molar-refractivity contribution in [3.63, 3.8) is 0 Å². The molecule has 1 aromatic carbocycles. The second-order valence-electron chi connectivity index (χ2n) is 5.41. The van der Waals surface area contributed by atoms with Crippen molar-refractivity contribution in [3.8, 4) is 0 Å². The fourth-order valence-electron chi connectivity index (χ4n) is 2.97. The summed E-state index contributed by atoms with van der Waals surface area (Å²) in [5, 5.41) is 5.49. The summed E-state index contributed by atoms with van der Waals surface area (Å²) in [6.45, 7) is 5.63. The lowest BCUT2D eigenvalue weighted by molar-refractivity contribution is 0.171. The molecule has 1 aliphatic heterocycles. The SMILES string of the molecule is CCCN1CCCC(n2cc3cc(F)ccc3n2)C1. The van der Waals surface area contributed by atoms with Gasteiger partial charge in [0.15, 0.2) is 0 Å². The predicted molar refractivity (Wildman–Crippen MR) is 74.7 cm³/mol. The van der Waals surface area contributed by atoms with E-state index >= 15 is 0 Å². The second kappa shape index (κ2) is 5.29. The van der Waals surface area contributed by atoms with E-state index in [2.05, 4.69) is 16.9 Å². The van der Waals surface area contributed by atoms with Crippen LogP contribution in [0.1, 0.15) is 32.2 Å². The van der Waals surface area contributed by atoms with Crippen LogP contribution in [0.2, 0.25) is 0 Å². The molecule has 3 rings (SSSR count). The van der Waals surface area contributed by atoms with Crippen LogP contribution >= 0.6 is 0 Å². The molecular formula is C15H20FN3. The van der Waals surface area contributed by atoms with Crippen LogP contribution in [0.3, 0.4) is 0 Å². The Labute approximate surface area is 113 Å². The molecule has 1 fully saturated rings. The molecule has 102 valence electrons. The van der Waals surface area contributed by atoms with Crippen molar-refractivity contribution in [3.05, 3.63) is 30.2 Å². The number of nitrogens with zero attached hydrogens (tertiary/aromatic N) is 3. The van der Waals surface area contributed by atoms with Crippen molar-refractivity contribution in [2.75, 3.05) is 19.6 Å². The maximum Gasteiger partial charge on any atom is 0.124 e. The topological polar surface area (TPSA) is 21.1 Å². The van der Waals surface area contributed by atoms with E-state index < -0.39 is 0 Å². The number of likely N-dealkylation sites (tertiary alicyclic amines) is 1. The predicted octanol–water partition coefficient (Wildman–Crippen LogP) is 3.22. The van der Waals surface area contributed by atoms with Crippen LogP contribution in [-0.2, 0) is 0 Å². The van der Waals surface area contributed by atoms with Crippen molar-refractivity contribution < 1.29 is 4.39 Å². The van der Waals surface area contributed by atoms with Crippen molar-refractivity contribution in [2.45, 2.75) is 32.2 Å². The Morgan fingerprint density at radius 1 is 1.42 bits per heavy atom. The number of piperidine rings is 1. The van der Waals surface area contributed by atoms with Gasteiger partial charge in [-0.15, -0.1) is 0 Å². The van der Waals surface area contributed by atoms with Crippen LogP contribution in [-0.4, -0.2) is 34.3 Å². The smallest absolute Gasteiger partial charge is 0.124 e. The number of aromatic nitrogens is 2. The summed E-state index contributed by atoms with van der Waals surface area (Å²) in [5.41, 5.74) is 0.883. The van der Waals surface area contributed by atoms with Gasteiger partial charge in [0.2, 0.25) is 0 Å². The first-order valence-electron chi connectivity index (χ1n) is 7.13. The molecule has 0 radical (unpaired) electrons. The molecule has 0 saturated carbocycles. The zero-order valence-corrected chi connectivity index (χ0v) is 11.3. The van der Waals surface area contributed by atoms with Gasteiger partial charge in [0, 0.05) is 18.1 Å². The summed E-state index contributed by atoms with van der Waals surface area (Å²) in [5.74, 6) is -0.191. The molecule has 2 aromatic rings. The molecule has 0 spiro atoms. The molecule has 0 aliphatic carbocycles. The van der Waals surface area contributed by atoms with E-state index in [0.717, 1.165) is 30.4 Å². The lowest BCUT2D eigenvalue weighted by Gasteiger charge is -2.32. The van der Waals surface area contributed by atoms with Gasteiger partial charge >= 0.3 is 0 Å². The Morgan fingerprint density at radius 2 is 2.32 bits per heavy atom. The molecule has 1 saturated heterocycles. The number of hydrogen-bond donors (Lipinski definition) is 0. The van der Waals surface area contributed by atoms with Gasteiger partial charge in [-0.2, -0.15) is 5.10 Å². The molecule has 1 aliphatic rings. The Morgan fingerprint density at radius 3 is 3.16 bits per heavy atom. The summed E-state index contributed by atoms with van der Waals surface area (Å²) < 4.78 is 15.2. The first kappa shape index (κ1) is 12.6. The van der Waals surface area contributed by atoms with E-state index in [0.29, 0.717) is 6.04 Å². The Hall–Kier alpha value is -1.42. The maximum atomic E-state index is 13.2. The van der Waals surface area contributed by atoms with Crippen molar-refractivity contribution in [1.29, 1.82) is 0 Å². The zero-order chi connectivity index (χ0) is 13.2. The van der Waals surface area contributed by atoms with E-state index in [1.54, 1.807) is 12.1 Å². The number of rotatable bonds is 3. The molecule has 0 amide bonds. The second-order valence-corrected chi connectivity index (χ2v) is 5.41. The highest BCUT2D eigenvalue weighted by molar-refractivity contribution is 5.77. The van der Waals surface area contributed by atoms with Gasteiger partial charge in [0.25, 0.3) is 0 Å². The molecule has 1 unspecified atom stereocenters. The third-order valence-electron chi connectivity index (χ3n) is 3.88. The van der Waals surface area contributed by atoms with E-state index in [1.807, 2.05) is 10.9 Å². The minimum absolute atomic E-state index is 0.191. The van der Waals surface area contributed by atoms with Crippen LogP contribution in [0, 0.1) is 5.82 Å². The molecular weight excluding hydrogens is 241 g/mol. The quantitative estimate of drug-likeness (QED) is 0.846. The van der Waals surface area contributed by atoms with Gasteiger partial charge in [0.05, 0.1) is 11.6 Å². The zero-order valence-electron chi connectivity index (χ0n) is 11.3. The highest BCUT2D eigenvalue weighted by atomic mass is 19.1. The van der Waals surface area contributed by atoms with Gasteiger partial charge in [-0.25, -0.2) is 4.39 Å². The Balaban J connectivity index is 1.83. The van der Waals surface area contributed by atoms with E-state index in [4.69, 9.17) is 0 Å². The number of fused-ring (bicyclic) bond motifs is 1. The molecule has 19 heavy (non-hydrogen) atoms. The van der Waals surface area contributed by atoms with E-state index in [1.165, 1.54) is 25.5 Å².